The van der Waals surface area contributed by atoms with Crippen molar-refractivity contribution in [2.45, 2.75) is 13.0 Å². The van der Waals surface area contributed by atoms with E-state index in [0.29, 0.717) is 18.7 Å². The zero-order valence-electron chi connectivity index (χ0n) is 15.4. The van der Waals surface area contributed by atoms with E-state index < -0.39 is 23.5 Å². The van der Waals surface area contributed by atoms with Crippen LogP contribution in [0.25, 0.3) is 5.76 Å². The van der Waals surface area contributed by atoms with E-state index >= 15 is 0 Å². The van der Waals surface area contributed by atoms with Gasteiger partial charge in [0.25, 0.3) is 11.7 Å². The molecule has 1 saturated heterocycles. The van der Waals surface area contributed by atoms with Crippen LogP contribution < -0.4 is 0 Å². The third-order valence-electron chi connectivity index (χ3n) is 4.59. The number of aliphatic hydroxyl groups excluding tert-OH is 1. The number of carbonyl (C=O) groups excluding carboxylic acids is 2. The minimum Gasteiger partial charge on any atom is -0.507 e. The number of nitrogens with zero attached hydrogens (tertiary/aromatic N) is 2. The van der Waals surface area contributed by atoms with Crippen LogP contribution in [-0.2, 0) is 9.59 Å². The number of likely N-dealkylation sites (N-methyl/N-ethyl adjacent to an activating group) is 1. The molecule has 0 unspecified atom stereocenters. The van der Waals surface area contributed by atoms with Crippen molar-refractivity contribution < 1.29 is 19.1 Å². The molecular formula is C20H21FN2O3S. The molecule has 0 radical (unpaired) electrons. The van der Waals surface area contributed by atoms with Gasteiger partial charge in [-0.15, -0.1) is 11.3 Å². The van der Waals surface area contributed by atoms with E-state index in [1.54, 1.807) is 13.0 Å². The standard InChI is InChI=1S/C20H21FN2O3S/c1-12-6-7-13(11-14(12)21)18(24)16-17(15-5-4-10-27-15)23(9-8-22(2)3)20(26)19(16)25/h4-7,10-11,17,24H,8-9H2,1-3H3/t17-/m0/s1. The molecule has 1 amide bonds. The summed E-state index contributed by atoms with van der Waals surface area (Å²) >= 11 is 1.41. The molecule has 0 spiro atoms. The third-order valence-corrected chi connectivity index (χ3v) is 5.51. The molecule has 1 aromatic heterocycles. The van der Waals surface area contributed by atoms with Crippen LogP contribution in [0, 0.1) is 12.7 Å². The Balaban J connectivity index is 2.12. The first-order valence-corrected chi connectivity index (χ1v) is 9.42. The lowest BCUT2D eigenvalue weighted by atomic mass is 9.99. The summed E-state index contributed by atoms with van der Waals surface area (Å²) in [7, 11) is 3.76. The number of benzene rings is 1. The van der Waals surface area contributed by atoms with Gasteiger partial charge in [-0.2, -0.15) is 0 Å². The van der Waals surface area contributed by atoms with Crippen LogP contribution in [0.5, 0.6) is 0 Å². The second-order valence-electron chi connectivity index (χ2n) is 6.78. The van der Waals surface area contributed by atoms with Gasteiger partial charge in [-0.05, 0) is 44.1 Å². The number of likely N-dealkylation sites (tertiary alicyclic amines) is 1. The molecule has 3 rings (SSSR count). The number of rotatable bonds is 5. The Morgan fingerprint density at radius 2 is 2.04 bits per heavy atom. The quantitative estimate of drug-likeness (QED) is 0.486. The highest BCUT2D eigenvalue weighted by Gasteiger charge is 2.46. The SMILES string of the molecule is Cc1ccc(C(O)=C2C(=O)C(=O)N(CCN(C)C)[C@H]2c2cccs2)cc1F. The molecular weight excluding hydrogens is 367 g/mol. The number of aryl methyl sites for hydroxylation is 1. The fourth-order valence-corrected chi connectivity index (χ4v) is 3.90. The number of aliphatic hydroxyl groups is 1. The van der Waals surface area contributed by atoms with E-state index in [2.05, 4.69) is 0 Å². The van der Waals surface area contributed by atoms with Crippen molar-refractivity contribution in [2.75, 3.05) is 27.2 Å². The molecule has 1 fully saturated rings. The molecule has 7 heteroatoms. The summed E-state index contributed by atoms with van der Waals surface area (Å²) in [5.41, 5.74) is 0.627. The van der Waals surface area contributed by atoms with Crippen LogP contribution in [0.1, 0.15) is 22.0 Å². The summed E-state index contributed by atoms with van der Waals surface area (Å²) in [6.07, 6.45) is 0. The largest absolute Gasteiger partial charge is 0.507 e. The van der Waals surface area contributed by atoms with Crippen molar-refractivity contribution in [1.29, 1.82) is 0 Å². The number of Topliss-reactive ketones (excluding diaryl/α,β-unsaturated/α-hetero) is 1. The second-order valence-corrected chi connectivity index (χ2v) is 7.75. The molecule has 5 nitrogen and oxygen atoms in total. The predicted molar refractivity (Wildman–Crippen MR) is 103 cm³/mol. The monoisotopic (exact) mass is 388 g/mol. The molecule has 1 atom stereocenters. The van der Waals surface area contributed by atoms with Gasteiger partial charge in [0.15, 0.2) is 0 Å². The maximum Gasteiger partial charge on any atom is 0.295 e. The average molecular weight is 388 g/mol. The highest BCUT2D eigenvalue weighted by molar-refractivity contribution is 7.10. The van der Waals surface area contributed by atoms with Crippen molar-refractivity contribution >= 4 is 28.8 Å². The lowest BCUT2D eigenvalue weighted by Gasteiger charge is -2.25. The molecule has 1 aliphatic rings. The second kappa shape index (κ2) is 7.62. The number of hydrogen-bond donors (Lipinski definition) is 1. The molecule has 2 heterocycles. The van der Waals surface area contributed by atoms with E-state index in [0.717, 1.165) is 4.88 Å². The van der Waals surface area contributed by atoms with Gasteiger partial charge in [0.05, 0.1) is 11.6 Å². The summed E-state index contributed by atoms with van der Waals surface area (Å²) in [5.74, 6) is -2.22. The Kier molecular flexibility index (Phi) is 5.43. The molecule has 142 valence electrons. The minimum absolute atomic E-state index is 0.00413. The summed E-state index contributed by atoms with van der Waals surface area (Å²) in [6.45, 7) is 2.54. The first-order chi connectivity index (χ1) is 12.8. The predicted octanol–water partition coefficient (Wildman–Crippen LogP) is 3.18. The molecule has 0 aliphatic carbocycles. The highest BCUT2D eigenvalue weighted by Crippen LogP contribution is 2.40. The number of hydrogen-bond acceptors (Lipinski definition) is 5. The highest BCUT2D eigenvalue weighted by atomic mass is 32.1. The van der Waals surface area contributed by atoms with Crippen molar-refractivity contribution in [3.63, 3.8) is 0 Å². The van der Waals surface area contributed by atoms with E-state index in [1.165, 1.54) is 28.4 Å². The van der Waals surface area contributed by atoms with E-state index in [1.807, 2.05) is 36.5 Å². The number of ketones is 1. The molecule has 0 bridgehead atoms. The van der Waals surface area contributed by atoms with Gasteiger partial charge in [0.2, 0.25) is 0 Å². The fraction of sp³-hybridized carbons (Fsp3) is 0.300. The Bertz CT molecular complexity index is 906. The van der Waals surface area contributed by atoms with E-state index in [9.17, 15) is 19.1 Å². The van der Waals surface area contributed by atoms with Gasteiger partial charge >= 0.3 is 0 Å². The molecule has 0 saturated carbocycles. The van der Waals surface area contributed by atoms with Crippen LogP contribution in [-0.4, -0.2) is 53.8 Å². The maximum atomic E-state index is 14.0. The van der Waals surface area contributed by atoms with E-state index in [4.69, 9.17) is 0 Å². The Morgan fingerprint density at radius 1 is 1.30 bits per heavy atom. The summed E-state index contributed by atoms with van der Waals surface area (Å²) in [5, 5.41) is 12.6. The van der Waals surface area contributed by atoms with Crippen LogP contribution in [0.15, 0.2) is 41.3 Å². The van der Waals surface area contributed by atoms with Gasteiger partial charge < -0.3 is 14.9 Å². The summed E-state index contributed by atoms with van der Waals surface area (Å²) in [4.78, 5) is 29.5. The number of amides is 1. The van der Waals surface area contributed by atoms with Crippen LogP contribution in [0.2, 0.25) is 0 Å². The summed E-state index contributed by atoms with van der Waals surface area (Å²) < 4.78 is 14.0. The molecule has 1 N–H and O–H groups in total. The third kappa shape index (κ3) is 3.65. The normalized spacial score (nSPS) is 19.3. The van der Waals surface area contributed by atoms with Gasteiger partial charge in [-0.3, -0.25) is 9.59 Å². The van der Waals surface area contributed by atoms with Crippen molar-refractivity contribution in [1.82, 2.24) is 9.80 Å². The molecule has 2 aromatic rings. The smallest absolute Gasteiger partial charge is 0.295 e. The van der Waals surface area contributed by atoms with Crippen molar-refractivity contribution in [2.24, 2.45) is 0 Å². The number of halogens is 1. The van der Waals surface area contributed by atoms with Gasteiger partial charge in [0, 0.05) is 23.5 Å². The van der Waals surface area contributed by atoms with Crippen LogP contribution >= 0.6 is 11.3 Å². The Hall–Kier alpha value is -2.51. The first-order valence-electron chi connectivity index (χ1n) is 8.54. The zero-order chi connectivity index (χ0) is 19.7. The lowest BCUT2D eigenvalue weighted by molar-refractivity contribution is -0.140. The topological polar surface area (TPSA) is 60.9 Å². The van der Waals surface area contributed by atoms with Gasteiger partial charge in [-0.25, -0.2) is 4.39 Å². The molecule has 27 heavy (non-hydrogen) atoms. The Morgan fingerprint density at radius 3 is 2.63 bits per heavy atom. The van der Waals surface area contributed by atoms with Gasteiger partial charge in [0.1, 0.15) is 11.6 Å². The van der Waals surface area contributed by atoms with Crippen molar-refractivity contribution in [3.05, 3.63) is 63.1 Å². The number of carbonyl (C=O) groups is 2. The molecule has 1 aromatic carbocycles. The van der Waals surface area contributed by atoms with Crippen molar-refractivity contribution in [3.8, 4) is 0 Å². The van der Waals surface area contributed by atoms with E-state index in [-0.39, 0.29) is 16.9 Å². The lowest BCUT2D eigenvalue weighted by Crippen LogP contribution is -2.35. The number of thiophene rings is 1. The van der Waals surface area contributed by atoms with Gasteiger partial charge in [-0.1, -0.05) is 18.2 Å². The van der Waals surface area contributed by atoms with Crippen LogP contribution in [0.4, 0.5) is 4.39 Å². The average Bonchev–Trinajstić information content (AvgIpc) is 3.23. The minimum atomic E-state index is -0.745. The van der Waals surface area contributed by atoms with Crippen LogP contribution in [0.3, 0.4) is 0 Å². The first kappa shape index (κ1) is 19.3. The maximum absolute atomic E-state index is 14.0. The Labute approximate surface area is 161 Å². The summed E-state index contributed by atoms with van der Waals surface area (Å²) in [6, 6.07) is 7.25. The fourth-order valence-electron chi connectivity index (χ4n) is 3.06. The zero-order valence-corrected chi connectivity index (χ0v) is 16.2. The molecule has 1 aliphatic heterocycles.